The van der Waals surface area contributed by atoms with Crippen LogP contribution in [0.1, 0.15) is 6.92 Å². The quantitative estimate of drug-likeness (QED) is 0.469. The number of urea groups is 1. The van der Waals surface area contributed by atoms with E-state index in [0.717, 1.165) is 0 Å². The first kappa shape index (κ1) is 11.2. The van der Waals surface area contributed by atoms with Gasteiger partial charge in [0.05, 0.1) is 13.2 Å². The van der Waals surface area contributed by atoms with Gasteiger partial charge in [-0.3, -0.25) is 0 Å². The molecule has 12 heavy (non-hydrogen) atoms. The average Bonchev–Trinajstić information content (AvgIpc) is 2.09. The number of hydrogen-bond donors (Lipinski definition) is 3. The second kappa shape index (κ2) is 8.29. The molecule has 0 atom stereocenters. The molecule has 5 nitrogen and oxygen atoms in total. The van der Waals surface area contributed by atoms with Crippen molar-refractivity contribution in [1.29, 1.82) is 0 Å². The standard InChI is InChI=1S/C7H16N2O3/c1-2-12-6-4-9-7(11)8-3-5-10/h10H,2-6H2,1H3,(H2,8,9,11). The van der Waals surface area contributed by atoms with Gasteiger partial charge >= 0.3 is 6.03 Å². The zero-order valence-corrected chi connectivity index (χ0v) is 7.30. The lowest BCUT2D eigenvalue weighted by molar-refractivity contribution is 0.149. The lowest BCUT2D eigenvalue weighted by atomic mass is 10.6. The monoisotopic (exact) mass is 176 g/mol. The SMILES string of the molecule is CCOCCNC(=O)NCCO. The molecule has 0 fully saturated rings. The van der Waals surface area contributed by atoms with Gasteiger partial charge in [-0.1, -0.05) is 0 Å². The number of aliphatic hydroxyl groups excluding tert-OH is 1. The number of carbonyl (C=O) groups excluding carboxylic acids is 1. The molecule has 0 saturated carbocycles. The number of carbonyl (C=O) groups is 1. The summed E-state index contributed by atoms with van der Waals surface area (Å²) in [5.41, 5.74) is 0. The molecule has 3 N–H and O–H groups in total. The molecule has 0 unspecified atom stereocenters. The predicted molar refractivity (Wildman–Crippen MR) is 45.0 cm³/mol. The van der Waals surface area contributed by atoms with Crippen LogP contribution in [0.3, 0.4) is 0 Å². The van der Waals surface area contributed by atoms with Crippen LogP contribution in [0.4, 0.5) is 4.79 Å². The van der Waals surface area contributed by atoms with Crippen molar-refractivity contribution in [2.75, 3.05) is 32.9 Å². The Hall–Kier alpha value is -0.810. The smallest absolute Gasteiger partial charge is 0.314 e. The molecule has 2 amide bonds. The maximum absolute atomic E-state index is 10.8. The summed E-state index contributed by atoms with van der Waals surface area (Å²) in [5, 5.41) is 13.4. The second-order valence-corrected chi connectivity index (χ2v) is 2.10. The van der Waals surface area contributed by atoms with Crippen LogP contribution in [-0.2, 0) is 4.74 Å². The van der Waals surface area contributed by atoms with Crippen molar-refractivity contribution in [3.05, 3.63) is 0 Å². The van der Waals surface area contributed by atoms with E-state index in [0.29, 0.717) is 19.8 Å². The Bertz CT molecular complexity index is 119. The van der Waals surface area contributed by atoms with Crippen molar-refractivity contribution >= 4 is 6.03 Å². The minimum Gasteiger partial charge on any atom is -0.395 e. The van der Waals surface area contributed by atoms with E-state index in [-0.39, 0.29) is 19.2 Å². The van der Waals surface area contributed by atoms with Gasteiger partial charge in [0, 0.05) is 19.7 Å². The number of amides is 2. The van der Waals surface area contributed by atoms with Crippen LogP contribution in [0, 0.1) is 0 Å². The molecular formula is C7H16N2O3. The summed E-state index contributed by atoms with van der Waals surface area (Å²) in [5.74, 6) is 0. The highest BCUT2D eigenvalue weighted by Crippen LogP contribution is 1.70. The molecule has 0 aromatic heterocycles. The normalized spacial score (nSPS) is 9.50. The minimum absolute atomic E-state index is 0.0428. The van der Waals surface area contributed by atoms with Crippen molar-refractivity contribution in [2.24, 2.45) is 0 Å². The van der Waals surface area contributed by atoms with Crippen LogP contribution in [-0.4, -0.2) is 44.0 Å². The van der Waals surface area contributed by atoms with Gasteiger partial charge in [-0.25, -0.2) is 4.79 Å². The van der Waals surface area contributed by atoms with Crippen molar-refractivity contribution < 1.29 is 14.6 Å². The van der Waals surface area contributed by atoms with Crippen molar-refractivity contribution in [1.82, 2.24) is 10.6 Å². The summed E-state index contributed by atoms with van der Waals surface area (Å²) >= 11 is 0. The molecule has 0 bridgehead atoms. The topological polar surface area (TPSA) is 70.6 Å². The first-order chi connectivity index (χ1) is 5.81. The fourth-order valence-electron chi connectivity index (χ4n) is 0.613. The fraction of sp³-hybridized carbons (Fsp3) is 0.857. The lowest BCUT2D eigenvalue weighted by Crippen LogP contribution is -2.38. The van der Waals surface area contributed by atoms with Gasteiger partial charge in [0.15, 0.2) is 0 Å². The van der Waals surface area contributed by atoms with Gasteiger partial charge in [0.1, 0.15) is 0 Å². The Kier molecular flexibility index (Phi) is 7.73. The highest BCUT2D eigenvalue weighted by Gasteiger charge is 1.95. The molecular weight excluding hydrogens is 160 g/mol. The van der Waals surface area contributed by atoms with Crippen molar-refractivity contribution in [2.45, 2.75) is 6.92 Å². The molecule has 0 saturated heterocycles. The van der Waals surface area contributed by atoms with Gasteiger partial charge in [-0.15, -0.1) is 0 Å². The average molecular weight is 176 g/mol. The Labute approximate surface area is 72.1 Å². The zero-order chi connectivity index (χ0) is 9.23. The van der Waals surface area contributed by atoms with E-state index in [1.165, 1.54) is 0 Å². The predicted octanol–water partition coefficient (Wildman–Crippen LogP) is -0.686. The third-order valence-corrected chi connectivity index (χ3v) is 1.13. The number of rotatable bonds is 6. The Balaban J connectivity index is 3.08. The van der Waals surface area contributed by atoms with Crippen molar-refractivity contribution in [3.63, 3.8) is 0 Å². The summed E-state index contributed by atoms with van der Waals surface area (Å²) in [7, 11) is 0. The van der Waals surface area contributed by atoms with Crippen LogP contribution in [0.2, 0.25) is 0 Å². The van der Waals surface area contributed by atoms with E-state index in [9.17, 15) is 4.79 Å². The summed E-state index contributed by atoms with van der Waals surface area (Å²) < 4.78 is 5.00. The maximum Gasteiger partial charge on any atom is 0.314 e. The number of ether oxygens (including phenoxy) is 1. The van der Waals surface area contributed by atoms with Crippen LogP contribution in [0.15, 0.2) is 0 Å². The van der Waals surface area contributed by atoms with Gasteiger partial charge in [-0.05, 0) is 6.92 Å². The molecule has 0 aromatic carbocycles. The molecule has 5 heteroatoms. The molecule has 0 radical (unpaired) electrons. The fourth-order valence-corrected chi connectivity index (χ4v) is 0.613. The second-order valence-electron chi connectivity index (χ2n) is 2.10. The molecule has 0 aromatic rings. The largest absolute Gasteiger partial charge is 0.395 e. The van der Waals surface area contributed by atoms with E-state index >= 15 is 0 Å². The molecule has 0 aliphatic carbocycles. The maximum atomic E-state index is 10.8. The first-order valence-corrected chi connectivity index (χ1v) is 4.01. The third kappa shape index (κ3) is 7.30. The van der Waals surface area contributed by atoms with Gasteiger partial charge < -0.3 is 20.5 Å². The van der Waals surface area contributed by atoms with E-state index in [1.54, 1.807) is 0 Å². The molecule has 0 aliphatic rings. The Morgan fingerprint density at radius 1 is 1.42 bits per heavy atom. The zero-order valence-electron chi connectivity index (χ0n) is 7.30. The molecule has 0 heterocycles. The van der Waals surface area contributed by atoms with Crippen LogP contribution in [0.25, 0.3) is 0 Å². The summed E-state index contributed by atoms with van der Waals surface area (Å²) in [6.45, 7) is 3.79. The number of hydrogen-bond acceptors (Lipinski definition) is 3. The van der Waals surface area contributed by atoms with Gasteiger partial charge in [-0.2, -0.15) is 0 Å². The van der Waals surface area contributed by atoms with E-state index in [1.807, 2.05) is 6.92 Å². The molecule has 0 rings (SSSR count). The first-order valence-electron chi connectivity index (χ1n) is 4.01. The summed E-state index contributed by atoms with van der Waals surface area (Å²) in [6, 6.07) is -0.274. The molecule has 0 spiro atoms. The van der Waals surface area contributed by atoms with Crippen LogP contribution < -0.4 is 10.6 Å². The summed E-state index contributed by atoms with van der Waals surface area (Å²) in [4.78, 5) is 10.8. The van der Waals surface area contributed by atoms with E-state index < -0.39 is 0 Å². The number of aliphatic hydroxyl groups is 1. The Morgan fingerprint density at radius 3 is 2.67 bits per heavy atom. The summed E-state index contributed by atoms with van der Waals surface area (Å²) in [6.07, 6.45) is 0. The minimum atomic E-state index is -0.274. The lowest BCUT2D eigenvalue weighted by Gasteiger charge is -2.05. The highest BCUT2D eigenvalue weighted by molar-refractivity contribution is 5.73. The number of nitrogens with one attached hydrogen (secondary N) is 2. The third-order valence-electron chi connectivity index (χ3n) is 1.13. The Morgan fingerprint density at radius 2 is 2.08 bits per heavy atom. The van der Waals surface area contributed by atoms with Crippen LogP contribution in [0.5, 0.6) is 0 Å². The van der Waals surface area contributed by atoms with E-state index in [2.05, 4.69) is 10.6 Å². The molecule has 0 aliphatic heterocycles. The van der Waals surface area contributed by atoms with E-state index in [4.69, 9.17) is 9.84 Å². The van der Waals surface area contributed by atoms with Gasteiger partial charge in [0.2, 0.25) is 0 Å². The van der Waals surface area contributed by atoms with Crippen LogP contribution >= 0.6 is 0 Å². The van der Waals surface area contributed by atoms with Gasteiger partial charge in [0.25, 0.3) is 0 Å². The van der Waals surface area contributed by atoms with Crippen molar-refractivity contribution in [3.8, 4) is 0 Å². The highest BCUT2D eigenvalue weighted by atomic mass is 16.5. The molecule has 72 valence electrons.